The Labute approximate surface area is 277 Å². The number of carbonyl (C=O) groups is 2. The van der Waals surface area contributed by atoms with E-state index < -0.39 is 11.2 Å². The molecular weight excluding hydrogens is 633 g/mol. The first-order chi connectivity index (χ1) is 20.7. The van der Waals surface area contributed by atoms with Gasteiger partial charge in [0.15, 0.2) is 0 Å². The molecule has 0 unspecified atom stereocenters. The van der Waals surface area contributed by atoms with Crippen LogP contribution in [0.1, 0.15) is 73.4 Å². The van der Waals surface area contributed by atoms with Crippen LogP contribution in [0, 0.1) is 6.92 Å². The van der Waals surface area contributed by atoms with Gasteiger partial charge in [-0.3, -0.25) is 0 Å². The van der Waals surface area contributed by atoms with E-state index >= 15 is 0 Å². The van der Waals surface area contributed by atoms with E-state index in [0.29, 0.717) is 11.1 Å². The molecule has 229 valence electrons. The summed E-state index contributed by atoms with van der Waals surface area (Å²) in [7, 11) is 4.34. The van der Waals surface area contributed by atoms with Crippen molar-refractivity contribution in [1.82, 2.24) is 0 Å². The maximum atomic E-state index is 12.3. The van der Waals surface area contributed by atoms with Crippen molar-refractivity contribution in [3.63, 3.8) is 0 Å². The molecule has 0 fully saturated rings. The van der Waals surface area contributed by atoms with Crippen molar-refractivity contribution < 1.29 is 19.1 Å². The summed E-state index contributed by atoms with van der Waals surface area (Å²) in [4.78, 5) is 24.6. The molecule has 4 rings (SSSR count). The summed E-state index contributed by atoms with van der Waals surface area (Å²) in [5.41, 5.74) is 6.46. The Hall–Kier alpha value is -3.49. The number of esters is 2. The van der Waals surface area contributed by atoms with Crippen LogP contribution in [0.5, 0.6) is 0 Å². The number of carbonyl (C=O) groups excluding carboxylic acids is 2. The molecule has 4 aromatic rings. The van der Waals surface area contributed by atoms with Crippen LogP contribution in [-0.2, 0) is 14.8 Å². The molecule has 1 radical (unpaired) electrons. The zero-order chi connectivity index (χ0) is 32.9. The number of ether oxygens (including phenoxy) is 2. The molecule has 4 aromatic carbocycles. The first kappa shape index (κ1) is 36.7. The molecule has 0 amide bonds. The van der Waals surface area contributed by atoms with Gasteiger partial charge in [0.1, 0.15) is 11.2 Å². The number of halogens is 1. The van der Waals surface area contributed by atoms with E-state index in [2.05, 4.69) is 52.8 Å². The Morgan fingerprint density at radius 2 is 1.02 bits per heavy atom. The van der Waals surface area contributed by atoms with Crippen LogP contribution in [0.4, 0.5) is 0 Å². The second-order valence-electron chi connectivity index (χ2n) is 11.9. The standard InChI is InChI=1S/C18H19BrO2.C18H20O2.BHNS/c1-18(2,3)21-17(20)16-7-5-4-6-15(16)14-10-8-13(12-19)9-11-14;1-13-9-11-14(12-10-13)15-7-5-6-8-16(15)17(19)20-18(2,3)4;1-2-3/h4-11H,12H2,1-3H3;5-12H,1-4H3;3H. The molecular formula is C36H40BBrNO4S. The van der Waals surface area contributed by atoms with Crippen LogP contribution in [0.25, 0.3) is 22.3 Å². The second kappa shape index (κ2) is 17.1. The minimum absolute atomic E-state index is 0.284. The molecule has 0 spiro atoms. The van der Waals surface area contributed by atoms with Crippen molar-refractivity contribution in [3.05, 3.63) is 119 Å². The molecule has 8 heteroatoms. The molecule has 0 atom stereocenters. The third-order valence-corrected chi connectivity index (χ3v) is 6.52. The summed E-state index contributed by atoms with van der Waals surface area (Å²) < 4.78 is 13.6. The Kier molecular flexibility index (Phi) is 14.3. The average molecular weight is 674 g/mol. The van der Waals surface area contributed by atoms with Gasteiger partial charge in [-0.15, -0.1) is 0 Å². The number of nitrogens with zero attached hydrogens (tertiary/aromatic N) is 1. The van der Waals surface area contributed by atoms with Crippen LogP contribution >= 0.6 is 28.7 Å². The van der Waals surface area contributed by atoms with Gasteiger partial charge < -0.3 is 9.47 Å². The van der Waals surface area contributed by atoms with Gasteiger partial charge in [-0.1, -0.05) is 106 Å². The molecule has 0 aromatic heterocycles. The molecule has 0 saturated heterocycles. The summed E-state index contributed by atoms with van der Waals surface area (Å²) in [5.74, 6) is -0.573. The summed E-state index contributed by atoms with van der Waals surface area (Å²) in [6.07, 6.45) is 0. The predicted molar refractivity (Wildman–Crippen MR) is 189 cm³/mol. The van der Waals surface area contributed by atoms with Crippen LogP contribution in [0.3, 0.4) is 0 Å². The molecule has 0 aliphatic carbocycles. The van der Waals surface area contributed by atoms with Gasteiger partial charge in [-0.25, -0.2) is 9.59 Å². The fourth-order valence-electron chi connectivity index (χ4n) is 4.00. The van der Waals surface area contributed by atoms with Crippen LogP contribution in [-0.4, -0.2) is 30.8 Å². The Morgan fingerprint density at radius 1 is 0.682 bits per heavy atom. The summed E-state index contributed by atoms with van der Waals surface area (Å²) >= 11 is 6.63. The van der Waals surface area contributed by atoms with E-state index in [1.165, 1.54) is 11.1 Å². The van der Waals surface area contributed by atoms with Crippen LogP contribution < -0.4 is 0 Å². The van der Waals surface area contributed by atoms with Gasteiger partial charge in [0.2, 0.25) is 0 Å². The van der Waals surface area contributed by atoms with E-state index in [1.54, 1.807) is 0 Å². The maximum absolute atomic E-state index is 12.3. The fourth-order valence-corrected chi connectivity index (χ4v) is 4.37. The van der Waals surface area contributed by atoms with Crippen molar-refractivity contribution in [2.24, 2.45) is 4.30 Å². The zero-order valence-corrected chi connectivity index (χ0v) is 28.9. The van der Waals surface area contributed by atoms with Crippen molar-refractivity contribution in [2.45, 2.75) is 65.0 Å². The Morgan fingerprint density at radius 3 is 1.36 bits per heavy atom. The topological polar surface area (TPSA) is 65.0 Å². The fraction of sp³-hybridized carbons (Fsp3) is 0.278. The molecule has 44 heavy (non-hydrogen) atoms. The van der Waals surface area contributed by atoms with Crippen molar-refractivity contribution >= 4 is 48.3 Å². The number of aryl methyl sites for hydroxylation is 1. The number of hydrogen-bond acceptors (Lipinski definition) is 6. The Bertz CT molecular complexity index is 1530. The van der Waals surface area contributed by atoms with Crippen molar-refractivity contribution in [1.29, 1.82) is 0 Å². The quantitative estimate of drug-likeness (QED) is 0.0992. The minimum atomic E-state index is -0.496. The van der Waals surface area contributed by atoms with Crippen LogP contribution in [0.15, 0.2) is 101 Å². The second-order valence-corrected chi connectivity index (χ2v) is 12.7. The van der Waals surface area contributed by atoms with E-state index in [1.807, 2.05) is 133 Å². The van der Waals surface area contributed by atoms with Gasteiger partial charge in [-0.2, -0.15) is 0 Å². The third kappa shape index (κ3) is 12.3. The van der Waals surface area contributed by atoms with Crippen molar-refractivity contribution in [2.75, 3.05) is 0 Å². The molecule has 0 bridgehead atoms. The van der Waals surface area contributed by atoms with Gasteiger partial charge >= 0.3 is 36.7 Å². The third-order valence-electron chi connectivity index (χ3n) is 5.87. The Balaban J connectivity index is 0.000000282. The summed E-state index contributed by atoms with van der Waals surface area (Å²) in [6.45, 7) is 13.3. The summed E-state index contributed by atoms with van der Waals surface area (Å²) in [6, 6.07) is 31.4. The number of hydrogen-bond donors (Lipinski definition) is 1. The molecule has 0 aliphatic rings. The summed E-state index contributed by atoms with van der Waals surface area (Å²) in [5, 5.41) is 0.820. The first-order valence-corrected chi connectivity index (χ1v) is 15.6. The SMILES string of the molecule is CC(C)(C)OC(=O)c1ccccc1-c1ccc(CBr)cc1.Cc1ccc(-c2ccccc2C(=O)OC(C)(C)C)cc1.[B]=NS. The molecule has 0 aliphatic heterocycles. The number of benzene rings is 4. The average Bonchev–Trinajstić information content (AvgIpc) is 2.97. The molecule has 0 heterocycles. The van der Waals surface area contributed by atoms with Crippen molar-refractivity contribution in [3.8, 4) is 22.3 Å². The monoisotopic (exact) mass is 672 g/mol. The first-order valence-electron chi connectivity index (χ1n) is 14.1. The van der Waals surface area contributed by atoms with E-state index in [9.17, 15) is 9.59 Å². The van der Waals surface area contributed by atoms with Gasteiger partial charge in [0, 0.05) is 5.33 Å². The van der Waals surface area contributed by atoms with E-state index in [0.717, 1.165) is 27.6 Å². The number of rotatable bonds is 5. The van der Waals surface area contributed by atoms with Gasteiger partial charge in [0.25, 0.3) is 0 Å². The van der Waals surface area contributed by atoms with E-state index in [4.69, 9.17) is 9.47 Å². The molecule has 5 nitrogen and oxygen atoms in total. The van der Waals surface area contributed by atoms with Gasteiger partial charge in [-0.05, 0) is 88.4 Å². The van der Waals surface area contributed by atoms with Crippen LogP contribution in [0.2, 0.25) is 0 Å². The number of thiol groups is 1. The molecule has 0 saturated carbocycles. The predicted octanol–water partition coefficient (Wildman–Crippen LogP) is 10.0. The number of alkyl halides is 1. The zero-order valence-electron chi connectivity index (χ0n) is 26.4. The van der Waals surface area contributed by atoms with E-state index in [-0.39, 0.29) is 11.9 Å². The normalized spacial score (nSPS) is 10.7. The van der Waals surface area contributed by atoms with Gasteiger partial charge in [0.05, 0.1) is 11.1 Å². The molecule has 0 N–H and O–H groups in total.